The minimum Gasteiger partial charge on any atom is -0.423 e. The summed E-state index contributed by atoms with van der Waals surface area (Å²) in [4.78, 5) is 35.5. The number of amides is 1. The first kappa shape index (κ1) is 15.7. The Labute approximate surface area is 137 Å². The average Bonchev–Trinajstić information content (AvgIpc) is 3.01. The van der Waals surface area contributed by atoms with E-state index in [9.17, 15) is 19.7 Å². The number of carbonyl (C=O) groups is 2. The van der Waals surface area contributed by atoms with Gasteiger partial charge in [-0.05, 0) is 42.8 Å². The number of hydrogen-bond donors (Lipinski definition) is 0. The smallest absolute Gasteiger partial charge is 0.343 e. The van der Waals surface area contributed by atoms with Crippen LogP contribution in [0.2, 0.25) is 0 Å². The first-order valence-electron chi connectivity index (χ1n) is 7.41. The van der Waals surface area contributed by atoms with Crippen LogP contribution in [0, 0.1) is 10.1 Å². The number of hydrogen-bond acceptors (Lipinski definition) is 5. The van der Waals surface area contributed by atoms with Gasteiger partial charge in [0.2, 0.25) is 5.91 Å². The van der Waals surface area contributed by atoms with Gasteiger partial charge in [-0.1, -0.05) is 0 Å². The van der Waals surface area contributed by atoms with Gasteiger partial charge in [-0.15, -0.1) is 0 Å². The molecular weight excluding hydrogens is 312 g/mol. The second-order valence-electron chi connectivity index (χ2n) is 5.34. The van der Waals surface area contributed by atoms with E-state index in [4.69, 9.17) is 4.74 Å². The molecule has 1 heterocycles. The predicted molar refractivity (Wildman–Crippen MR) is 86.1 cm³/mol. The molecule has 2 aromatic rings. The second kappa shape index (κ2) is 6.49. The van der Waals surface area contributed by atoms with E-state index in [1.165, 1.54) is 24.3 Å². The fourth-order valence-electron chi connectivity index (χ4n) is 2.50. The van der Waals surface area contributed by atoms with Crippen molar-refractivity contribution in [2.75, 3.05) is 11.4 Å². The number of benzene rings is 2. The summed E-state index contributed by atoms with van der Waals surface area (Å²) in [5, 5.41) is 10.6. The number of nitrogens with zero attached hydrogens (tertiary/aromatic N) is 2. The Morgan fingerprint density at radius 2 is 1.75 bits per heavy atom. The van der Waals surface area contributed by atoms with Gasteiger partial charge in [-0.3, -0.25) is 14.9 Å². The fraction of sp³-hybridized carbons (Fsp3) is 0.176. The van der Waals surface area contributed by atoms with Crippen LogP contribution in [0.4, 0.5) is 11.4 Å². The second-order valence-corrected chi connectivity index (χ2v) is 5.34. The van der Waals surface area contributed by atoms with Crippen LogP contribution < -0.4 is 9.64 Å². The molecule has 1 aliphatic rings. The van der Waals surface area contributed by atoms with Gasteiger partial charge in [-0.2, -0.15) is 0 Å². The molecule has 1 fully saturated rings. The monoisotopic (exact) mass is 326 g/mol. The lowest BCUT2D eigenvalue weighted by molar-refractivity contribution is -0.384. The van der Waals surface area contributed by atoms with Crippen molar-refractivity contribution in [3.8, 4) is 5.75 Å². The summed E-state index contributed by atoms with van der Waals surface area (Å²) in [5.74, 6) is -0.260. The average molecular weight is 326 g/mol. The molecule has 0 N–H and O–H groups in total. The van der Waals surface area contributed by atoms with Crippen molar-refractivity contribution in [1.29, 1.82) is 0 Å². The van der Waals surface area contributed by atoms with Gasteiger partial charge in [0.05, 0.1) is 10.5 Å². The fourth-order valence-corrected chi connectivity index (χ4v) is 2.50. The van der Waals surface area contributed by atoms with Gasteiger partial charge in [-0.25, -0.2) is 4.79 Å². The maximum Gasteiger partial charge on any atom is 0.343 e. The molecule has 7 heteroatoms. The van der Waals surface area contributed by atoms with Gasteiger partial charge < -0.3 is 9.64 Å². The number of ether oxygens (including phenoxy) is 1. The maximum atomic E-state index is 12.1. The van der Waals surface area contributed by atoms with E-state index < -0.39 is 10.9 Å². The first-order chi connectivity index (χ1) is 11.5. The Kier molecular flexibility index (Phi) is 4.24. The summed E-state index contributed by atoms with van der Waals surface area (Å²) in [6.07, 6.45) is 1.38. The van der Waals surface area contributed by atoms with E-state index in [1.807, 2.05) is 0 Å². The number of nitro groups is 1. The molecule has 1 aliphatic heterocycles. The van der Waals surface area contributed by atoms with E-state index in [0.29, 0.717) is 18.5 Å². The first-order valence-corrected chi connectivity index (χ1v) is 7.41. The van der Waals surface area contributed by atoms with Gasteiger partial charge in [0.25, 0.3) is 5.69 Å². The lowest BCUT2D eigenvalue weighted by atomic mass is 10.2. The minimum atomic E-state index is -0.567. The summed E-state index contributed by atoms with van der Waals surface area (Å²) in [6.45, 7) is 0.686. The number of carbonyl (C=O) groups excluding carboxylic acids is 2. The topological polar surface area (TPSA) is 89.8 Å². The maximum absolute atomic E-state index is 12.1. The predicted octanol–water partition coefficient (Wildman–Crippen LogP) is 2.94. The van der Waals surface area contributed by atoms with Crippen molar-refractivity contribution in [2.45, 2.75) is 12.8 Å². The van der Waals surface area contributed by atoms with E-state index in [-0.39, 0.29) is 17.3 Å². The van der Waals surface area contributed by atoms with Gasteiger partial charge in [0, 0.05) is 30.8 Å². The van der Waals surface area contributed by atoms with Gasteiger partial charge >= 0.3 is 5.97 Å². The highest BCUT2D eigenvalue weighted by atomic mass is 16.6. The summed E-state index contributed by atoms with van der Waals surface area (Å²) in [6, 6.07) is 11.9. The van der Waals surface area contributed by atoms with Crippen LogP contribution in [0.3, 0.4) is 0 Å². The molecular formula is C17H14N2O5. The lowest BCUT2D eigenvalue weighted by Crippen LogP contribution is -2.23. The molecule has 0 aromatic heterocycles. The molecule has 2 aromatic carbocycles. The quantitative estimate of drug-likeness (QED) is 0.373. The van der Waals surface area contributed by atoms with Crippen molar-refractivity contribution >= 4 is 23.3 Å². The number of esters is 1. The largest absolute Gasteiger partial charge is 0.423 e. The molecule has 1 amide bonds. The normalized spacial score (nSPS) is 13.8. The molecule has 0 unspecified atom stereocenters. The Balaban J connectivity index is 1.68. The van der Waals surface area contributed by atoms with Crippen LogP contribution in [-0.2, 0) is 4.79 Å². The summed E-state index contributed by atoms with van der Waals surface area (Å²) >= 11 is 0. The zero-order valence-electron chi connectivity index (χ0n) is 12.7. The van der Waals surface area contributed by atoms with Crippen LogP contribution in [-0.4, -0.2) is 23.3 Å². The highest BCUT2D eigenvalue weighted by molar-refractivity contribution is 5.96. The van der Waals surface area contributed by atoms with Crippen LogP contribution in [0.1, 0.15) is 23.2 Å². The van der Waals surface area contributed by atoms with Crippen molar-refractivity contribution in [1.82, 2.24) is 0 Å². The molecule has 0 saturated carbocycles. The van der Waals surface area contributed by atoms with Gasteiger partial charge in [0.15, 0.2) is 0 Å². The lowest BCUT2D eigenvalue weighted by Gasteiger charge is -2.15. The third-order valence-corrected chi connectivity index (χ3v) is 3.75. The van der Waals surface area contributed by atoms with Crippen LogP contribution in [0.15, 0.2) is 48.5 Å². The Bertz CT molecular complexity index is 784. The number of non-ortho nitro benzene ring substituents is 1. The zero-order valence-corrected chi connectivity index (χ0v) is 12.7. The van der Waals surface area contributed by atoms with Gasteiger partial charge in [0.1, 0.15) is 5.75 Å². The molecule has 3 rings (SSSR count). The van der Waals surface area contributed by atoms with Crippen molar-refractivity contribution < 1.29 is 19.2 Å². The minimum absolute atomic E-state index is 0.0746. The molecule has 0 aliphatic carbocycles. The summed E-state index contributed by atoms with van der Waals surface area (Å²) in [5.41, 5.74) is 1.02. The summed E-state index contributed by atoms with van der Waals surface area (Å²) in [7, 11) is 0. The molecule has 0 bridgehead atoms. The molecule has 0 radical (unpaired) electrons. The Hall–Kier alpha value is -3.22. The molecule has 0 spiro atoms. The highest BCUT2D eigenvalue weighted by Gasteiger charge is 2.21. The van der Waals surface area contributed by atoms with Crippen molar-refractivity contribution in [2.24, 2.45) is 0 Å². The van der Waals surface area contributed by atoms with Crippen LogP contribution in [0.25, 0.3) is 0 Å². The van der Waals surface area contributed by atoms with Crippen LogP contribution in [0.5, 0.6) is 5.75 Å². The highest BCUT2D eigenvalue weighted by Crippen LogP contribution is 2.23. The summed E-state index contributed by atoms with van der Waals surface area (Å²) < 4.78 is 5.18. The van der Waals surface area contributed by atoms with E-state index >= 15 is 0 Å². The third-order valence-electron chi connectivity index (χ3n) is 3.75. The Morgan fingerprint density at radius 1 is 1.08 bits per heavy atom. The molecule has 24 heavy (non-hydrogen) atoms. The van der Waals surface area contributed by atoms with E-state index in [2.05, 4.69) is 0 Å². The molecule has 122 valence electrons. The van der Waals surface area contributed by atoms with Crippen molar-refractivity contribution in [3.05, 3.63) is 64.2 Å². The van der Waals surface area contributed by atoms with Crippen LogP contribution >= 0.6 is 0 Å². The standard InChI is InChI=1S/C17H14N2O5/c20-16-2-1-11-18(16)13-5-3-12(4-6-13)17(21)24-15-9-7-14(8-10-15)19(22)23/h3-10H,1-2,11H2. The van der Waals surface area contributed by atoms with Crippen molar-refractivity contribution in [3.63, 3.8) is 0 Å². The number of nitro benzene ring substituents is 1. The Morgan fingerprint density at radius 3 is 2.29 bits per heavy atom. The number of rotatable bonds is 4. The van der Waals surface area contributed by atoms with E-state index in [1.54, 1.807) is 29.2 Å². The SMILES string of the molecule is O=C(Oc1ccc([N+](=O)[O-])cc1)c1ccc(N2CCCC2=O)cc1. The molecule has 7 nitrogen and oxygen atoms in total. The third kappa shape index (κ3) is 3.24. The number of anilines is 1. The zero-order chi connectivity index (χ0) is 17.1. The van der Waals surface area contributed by atoms with E-state index in [0.717, 1.165) is 12.1 Å². The molecule has 0 atom stereocenters. The molecule has 1 saturated heterocycles.